The first kappa shape index (κ1) is 15.6. The quantitative estimate of drug-likeness (QED) is 0.807. The van der Waals surface area contributed by atoms with E-state index in [4.69, 9.17) is 11.5 Å². The maximum Gasteiger partial charge on any atom is 0.322 e. The number of hydrogen-bond acceptors (Lipinski definition) is 2. The third-order valence-electron chi connectivity index (χ3n) is 2.79. The average Bonchev–Trinajstić information content (AvgIpc) is 2.40. The fraction of sp³-hybridized carbons (Fsp3) is 0.333. The highest BCUT2D eigenvalue weighted by Gasteiger charge is 2.19. The normalized spacial score (nSPS) is 11.2. The summed E-state index contributed by atoms with van der Waals surface area (Å²) in [5.74, 6) is 1.45. The van der Waals surface area contributed by atoms with Crippen molar-refractivity contribution in [3.8, 4) is 12.3 Å². The molecule has 0 spiro atoms. The molecule has 5 heteroatoms. The Hall–Kier alpha value is -2.48. The summed E-state index contributed by atoms with van der Waals surface area (Å²) in [6.07, 6.45) is 5.10. The summed E-state index contributed by atoms with van der Waals surface area (Å²) < 4.78 is 0. The number of carbonyl (C=O) groups is 2. The number of anilines is 1. The van der Waals surface area contributed by atoms with Crippen LogP contribution in [0.5, 0.6) is 0 Å². The Balaban J connectivity index is 2.97. The van der Waals surface area contributed by atoms with Crippen LogP contribution in [-0.2, 0) is 4.79 Å². The van der Waals surface area contributed by atoms with E-state index in [-0.39, 0.29) is 13.0 Å². The summed E-state index contributed by atoms with van der Waals surface area (Å²) in [7, 11) is 0. The zero-order valence-corrected chi connectivity index (χ0v) is 11.6. The number of amides is 2. The van der Waals surface area contributed by atoms with Crippen LogP contribution in [0, 0.1) is 19.3 Å². The molecule has 0 aromatic heterocycles. The van der Waals surface area contributed by atoms with Gasteiger partial charge in [0.15, 0.2) is 0 Å². The minimum Gasteiger partial charge on any atom is -0.481 e. The molecule has 0 fully saturated rings. The van der Waals surface area contributed by atoms with Gasteiger partial charge in [0, 0.05) is 12.2 Å². The second-order valence-corrected chi connectivity index (χ2v) is 4.42. The lowest BCUT2D eigenvalue weighted by Crippen LogP contribution is -2.44. The molecule has 1 aromatic rings. The van der Waals surface area contributed by atoms with E-state index in [9.17, 15) is 9.59 Å². The predicted octanol–water partition coefficient (Wildman–Crippen LogP) is 2.01. The Kier molecular flexibility index (Phi) is 5.60. The molecule has 0 aliphatic carbocycles. The van der Waals surface area contributed by atoms with Crippen LogP contribution in [0.1, 0.15) is 18.9 Å². The number of carboxylic acid groups (broad SMARTS) is 1. The van der Waals surface area contributed by atoms with Crippen molar-refractivity contribution in [1.29, 1.82) is 0 Å². The molecule has 0 bridgehead atoms. The molecule has 0 heterocycles. The molecule has 20 heavy (non-hydrogen) atoms. The van der Waals surface area contributed by atoms with Crippen LogP contribution < -0.4 is 10.2 Å². The molecule has 0 saturated carbocycles. The van der Waals surface area contributed by atoms with Gasteiger partial charge >= 0.3 is 12.0 Å². The standard InChI is InChI=1S/C15H18N2O3/c1-4-12(3)16-15(20)17(10-9-14(18)19)13-8-6-5-7-11(13)2/h1,5-8,12H,9-10H2,2-3H3,(H,16,20)(H,18,19). The van der Waals surface area contributed by atoms with E-state index in [1.807, 2.05) is 19.1 Å². The molecular weight excluding hydrogens is 256 g/mol. The van der Waals surface area contributed by atoms with Crippen LogP contribution in [-0.4, -0.2) is 29.7 Å². The van der Waals surface area contributed by atoms with Crippen LogP contribution in [0.15, 0.2) is 24.3 Å². The van der Waals surface area contributed by atoms with Crippen molar-refractivity contribution >= 4 is 17.7 Å². The summed E-state index contributed by atoms with van der Waals surface area (Å²) in [4.78, 5) is 24.3. The number of para-hydroxylation sites is 1. The van der Waals surface area contributed by atoms with Gasteiger partial charge in [-0.25, -0.2) is 4.79 Å². The van der Waals surface area contributed by atoms with E-state index in [0.29, 0.717) is 5.69 Å². The van der Waals surface area contributed by atoms with Gasteiger partial charge in [-0.05, 0) is 25.5 Å². The zero-order valence-electron chi connectivity index (χ0n) is 11.6. The van der Waals surface area contributed by atoms with Gasteiger partial charge in [-0.2, -0.15) is 0 Å². The maximum atomic E-state index is 12.2. The monoisotopic (exact) mass is 274 g/mol. The van der Waals surface area contributed by atoms with Gasteiger partial charge in [0.25, 0.3) is 0 Å². The lowest BCUT2D eigenvalue weighted by atomic mass is 10.2. The van der Waals surface area contributed by atoms with Crippen molar-refractivity contribution in [2.75, 3.05) is 11.4 Å². The van der Waals surface area contributed by atoms with E-state index in [1.165, 1.54) is 4.90 Å². The number of rotatable bonds is 5. The highest BCUT2D eigenvalue weighted by molar-refractivity contribution is 5.93. The number of nitrogens with zero attached hydrogens (tertiary/aromatic N) is 1. The largest absolute Gasteiger partial charge is 0.481 e. The van der Waals surface area contributed by atoms with Crippen molar-refractivity contribution < 1.29 is 14.7 Å². The fourth-order valence-corrected chi connectivity index (χ4v) is 1.71. The van der Waals surface area contributed by atoms with Gasteiger partial charge in [-0.15, -0.1) is 6.42 Å². The van der Waals surface area contributed by atoms with E-state index in [2.05, 4.69) is 11.2 Å². The van der Waals surface area contributed by atoms with Gasteiger partial charge < -0.3 is 10.4 Å². The van der Waals surface area contributed by atoms with Crippen LogP contribution >= 0.6 is 0 Å². The summed E-state index contributed by atoms with van der Waals surface area (Å²) in [5, 5.41) is 11.4. The summed E-state index contributed by atoms with van der Waals surface area (Å²) in [5.41, 5.74) is 1.57. The van der Waals surface area contributed by atoms with E-state index in [1.54, 1.807) is 19.1 Å². The van der Waals surface area contributed by atoms with Crippen LogP contribution in [0.4, 0.5) is 10.5 Å². The van der Waals surface area contributed by atoms with Crippen molar-refractivity contribution in [3.05, 3.63) is 29.8 Å². The predicted molar refractivity (Wildman–Crippen MR) is 77.6 cm³/mol. The molecule has 0 aliphatic rings. The van der Waals surface area contributed by atoms with Crippen molar-refractivity contribution in [2.24, 2.45) is 0 Å². The van der Waals surface area contributed by atoms with Crippen molar-refractivity contribution in [3.63, 3.8) is 0 Å². The Morgan fingerprint density at radius 1 is 1.45 bits per heavy atom. The fourth-order valence-electron chi connectivity index (χ4n) is 1.71. The van der Waals surface area contributed by atoms with Gasteiger partial charge in [0.05, 0.1) is 12.5 Å². The second kappa shape index (κ2) is 7.19. The molecule has 0 radical (unpaired) electrons. The number of benzene rings is 1. The van der Waals surface area contributed by atoms with Crippen LogP contribution in [0.2, 0.25) is 0 Å². The van der Waals surface area contributed by atoms with Crippen molar-refractivity contribution in [2.45, 2.75) is 26.3 Å². The molecule has 106 valence electrons. The average molecular weight is 274 g/mol. The topological polar surface area (TPSA) is 69.6 Å². The Bertz CT molecular complexity index is 534. The molecule has 2 amide bonds. The number of aryl methyl sites for hydroxylation is 1. The third-order valence-corrected chi connectivity index (χ3v) is 2.79. The SMILES string of the molecule is C#CC(C)NC(=O)N(CCC(=O)O)c1ccccc1C. The van der Waals surface area contributed by atoms with Crippen LogP contribution in [0.25, 0.3) is 0 Å². The number of carboxylic acids is 1. The molecular formula is C15H18N2O3. The van der Waals surface area contributed by atoms with Crippen molar-refractivity contribution in [1.82, 2.24) is 5.32 Å². The molecule has 1 aromatic carbocycles. The third kappa shape index (κ3) is 4.32. The van der Waals surface area contributed by atoms with Gasteiger partial charge in [0.2, 0.25) is 0 Å². The summed E-state index contributed by atoms with van der Waals surface area (Å²) >= 11 is 0. The summed E-state index contributed by atoms with van der Waals surface area (Å²) in [6, 6.07) is 6.48. The molecule has 2 N–H and O–H groups in total. The highest BCUT2D eigenvalue weighted by atomic mass is 16.4. The number of urea groups is 1. The first-order valence-corrected chi connectivity index (χ1v) is 6.27. The molecule has 5 nitrogen and oxygen atoms in total. The molecule has 1 rings (SSSR count). The van der Waals surface area contributed by atoms with E-state index < -0.39 is 18.0 Å². The lowest BCUT2D eigenvalue weighted by Gasteiger charge is -2.25. The van der Waals surface area contributed by atoms with E-state index >= 15 is 0 Å². The number of aliphatic carboxylic acids is 1. The van der Waals surface area contributed by atoms with Gasteiger partial charge in [-0.3, -0.25) is 9.69 Å². The lowest BCUT2D eigenvalue weighted by molar-refractivity contribution is -0.136. The van der Waals surface area contributed by atoms with Gasteiger partial charge in [-0.1, -0.05) is 24.1 Å². The second-order valence-electron chi connectivity index (χ2n) is 4.42. The number of terminal acetylenes is 1. The van der Waals surface area contributed by atoms with Crippen LogP contribution in [0.3, 0.4) is 0 Å². The number of nitrogens with one attached hydrogen (secondary N) is 1. The molecule has 0 saturated heterocycles. The number of hydrogen-bond donors (Lipinski definition) is 2. The Labute approximate surface area is 118 Å². The molecule has 0 aliphatic heterocycles. The smallest absolute Gasteiger partial charge is 0.322 e. The first-order valence-electron chi connectivity index (χ1n) is 6.27. The Morgan fingerprint density at radius 3 is 2.65 bits per heavy atom. The minimum atomic E-state index is -0.957. The maximum absolute atomic E-state index is 12.2. The first-order chi connectivity index (χ1) is 9.45. The summed E-state index contributed by atoms with van der Waals surface area (Å²) in [6.45, 7) is 3.63. The number of carbonyl (C=O) groups excluding carboxylic acids is 1. The molecule has 1 unspecified atom stereocenters. The minimum absolute atomic E-state index is 0.0866. The van der Waals surface area contributed by atoms with Gasteiger partial charge in [0.1, 0.15) is 0 Å². The Morgan fingerprint density at radius 2 is 2.10 bits per heavy atom. The zero-order chi connectivity index (χ0) is 15.1. The van der Waals surface area contributed by atoms with E-state index in [0.717, 1.165) is 5.56 Å². The molecule has 1 atom stereocenters. The highest BCUT2D eigenvalue weighted by Crippen LogP contribution is 2.19.